The number of hydrogen-bond donors (Lipinski definition) is 1. The number of aromatic nitrogens is 8. The minimum Gasteiger partial charge on any atom is -0.387 e. The Balaban J connectivity index is 0.000000147. The Labute approximate surface area is 258 Å². The zero-order chi connectivity index (χ0) is 32.3. The summed E-state index contributed by atoms with van der Waals surface area (Å²) in [5.74, 6) is -2.70. The first-order chi connectivity index (χ1) is 22.1. The SMILES string of the molecule is CC(=O)c1cc(-c2nc3cc(F)c(F)cc3n2C2CC2)cnn1.CC(O)c1cc(-c2nc3cc(F)c(F)cc3n2C2CC2)cnn1. The van der Waals surface area contributed by atoms with E-state index in [-0.39, 0.29) is 23.6 Å². The van der Waals surface area contributed by atoms with E-state index >= 15 is 0 Å². The standard InChI is InChI=1S/C16H14F2N4O.C16H12F2N4O/c2*1-8(23)13-4-9(7-19-21-13)16-20-14-5-11(17)12(18)6-15(14)22(16)10-2-3-10/h4-8,10,23H,2-3H2,1H3;4-7,10H,2-3H2,1H3. The lowest BCUT2D eigenvalue weighted by molar-refractivity contribution is 0.101. The molecule has 2 aromatic carbocycles. The first-order valence-corrected chi connectivity index (χ1v) is 14.7. The largest absolute Gasteiger partial charge is 0.387 e. The number of carbonyl (C=O) groups is 1. The summed E-state index contributed by atoms with van der Waals surface area (Å²) in [6, 6.07) is 8.28. The third kappa shape index (κ3) is 5.49. The highest BCUT2D eigenvalue weighted by molar-refractivity contribution is 5.93. The van der Waals surface area contributed by atoms with Crippen LogP contribution in [-0.4, -0.2) is 50.4 Å². The average Bonchev–Trinajstić information content (AvgIpc) is 3.98. The van der Waals surface area contributed by atoms with Crippen LogP contribution in [0.15, 0.2) is 48.8 Å². The lowest BCUT2D eigenvalue weighted by Crippen LogP contribution is -2.02. The van der Waals surface area contributed by atoms with Gasteiger partial charge in [-0.1, -0.05) is 0 Å². The molecule has 1 atom stereocenters. The number of imidazole rings is 2. The van der Waals surface area contributed by atoms with Gasteiger partial charge in [-0.3, -0.25) is 4.79 Å². The van der Waals surface area contributed by atoms with E-state index in [0.717, 1.165) is 37.8 Å². The van der Waals surface area contributed by atoms with Gasteiger partial charge in [-0.25, -0.2) is 27.5 Å². The van der Waals surface area contributed by atoms with Crippen molar-refractivity contribution in [2.24, 2.45) is 0 Å². The fourth-order valence-electron chi connectivity index (χ4n) is 5.36. The zero-order valence-electron chi connectivity index (χ0n) is 24.6. The van der Waals surface area contributed by atoms with Crippen LogP contribution in [0.5, 0.6) is 0 Å². The van der Waals surface area contributed by atoms with Crippen LogP contribution in [0.25, 0.3) is 44.8 Å². The molecule has 2 aliphatic carbocycles. The van der Waals surface area contributed by atoms with Gasteiger partial charge in [-0.15, -0.1) is 5.10 Å². The molecule has 0 saturated heterocycles. The Morgan fingerprint density at radius 3 is 1.65 bits per heavy atom. The molecule has 1 unspecified atom stereocenters. The number of rotatable bonds is 6. The predicted molar refractivity (Wildman–Crippen MR) is 159 cm³/mol. The number of carbonyl (C=O) groups excluding carboxylic acids is 1. The molecule has 0 radical (unpaired) electrons. The number of halogens is 4. The Kier molecular flexibility index (Phi) is 7.31. The van der Waals surface area contributed by atoms with Gasteiger partial charge < -0.3 is 14.2 Å². The molecule has 14 heteroatoms. The maximum atomic E-state index is 13.6. The van der Waals surface area contributed by atoms with Gasteiger partial charge >= 0.3 is 0 Å². The minimum absolute atomic E-state index is 0.203. The topological polar surface area (TPSA) is 124 Å². The highest BCUT2D eigenvalue weighted by atomic mass is 19.2. The number of aliphatic hydroxyl groups excluding tert-OH is 1. The van der Waals surface area contributed by atoms with Gasteiger partial charge in [0.15, 0.2) is 29.1 Å². The molecular formula is C32H26F4N8O2. The molecule has 46 heavy (non-hydrogen) atoms. The summed E-state index contributed by atoms with van der Waals surface area (Å²) in [7, 11) is 0. The summed E-state index contributed by atoms with van der Waals surface area (Å²) < 4.78 is 58.0. The third-order valence-corrected chi connectivity index (χ3v) is 7.92. The van der Waals surface area contributed by atoms with Gasteiger partial charge in [0, 0.05) is 54.4 Å². The molecule has 2 fully saturated rings. The molecule has 0 amide bonds. The fraction of sp³-hybridized carbons (Fsp3) is 0.281. The second-order valence-corrected chi connectivity index (χ2v) is 11.5. The van der Waals surface area contributed by atoms with Crippen molar-refractivity contribution in [3.05, 3.63) is 83.4 Å². The van der Waals surface area contributed by atoms with E-state index in [1.54, 1.807) is 25.3 Å². The quantitative estimate of drug-likeness (QED) is 0.164. The van der Waals surface area contributed by atoms with E-state index in [0.29, 0.717) is 50.5 Å². The zero-order valence-corrected chi connectivity index (χ0v) is 24.6. The van der Waals surface area contributed by atoms with E-state index in [1.807, 2.05) is 9.13 Å². The second kappa shape index (κ2) is 11.4. The molecule has 6 aromatic rings. The molecule has 0 bridgehead atoms. The van der Waals surface area contributed by atoms with Gasteiger partial charge in [0.25, 0.3) is 0 Å². The Morgan fingerprint density at radius 1 is 0.739 bits per heavy atom. The normalized spacial score (nSPS) is 15.2. The first-order valence-electron chi connectivity index (χ1n) is 14.7. The van der Waals surface area contributed by atoms with E-state index in [1.165, 1.54) is 25.3 Å². The monoisotopic (exact) mass is 630 g/mol. The van der Waals surface area contributed by atoms with Crippen molar-refractivity contribution in [3.63, 3.8) is 0 Å². The van der Waals surface area contributed by atoms with Gasteiger partial charge in [0.05, 0.1) is 46.3 Å². The van der Waals surface area contributed by atoms with E-state index < -0.39 is 29.4 Å². The van der Waals surface area contributed by atoms with Crippen molar-refractivity contribution in [1.29, 1.82) is 0 Å². The molecule has 2 saturated carbocycles. The van der Waals surface area contributed by atoms with Crippen LogP contribution in [0.1, 0.15) is 73.9 Å². The highest BCUT2D eigenvalue weighted by Crippen LogP contribution is 2.42. The summed E-state index contributed by atoms with van der Waals surface area (Å²) in [4.78, 5) is 20.4. The van der Waals surface area contributed by atoms with Gasteiger partial charge in [0.1, 0.15) is 17.3 Å². The van der Waals surface area contributed by atoms with Crippen molar-refractivity contribution in [1.82, 2.24) is 39.5 Å². The van der Waals surface area contributed by atoms with Crippen LogP contribution in [0.2, 0.25) is 0 Å². The molecule has 1 N–H and O–H groups in total. The molecule has 2 aliphatic rings. The van der Waals surface area contributed by atoms with Crippen molar-refractivity contribution in [3.8, 4) is 22.8 Å². The van der Waals surface area contributed by atoms with E-state index in [9.17, 15) is 27.5 Å². The highest BCUT2D eigenvalue weighted by Gasteiger charge is 2.31. The van der Waals surface area contributed by atoms with E-state index in [4.69, 9.17) is 0 Å². The number of nitrogens with zero attached hydrogens (tertiary/aromatic N) is 8. The van der Waals surface area contributed by atoms with Crippen molar-refractivity contribution < 1.29 is 27.5 Å². The van der Waals surface area contributed by atoms with Crippen LogP contribution in [-0.2, 0) is 0 Å². The van der Waals surface area contributed by atoms with Crippen LogP contribution >= 0.6 is 0 Å². The summed E-state index contributed by atoms with van der Waals surface area (Å²) >= 11 is 0. The number of Topliss-reactive ketones (excluding diaryl/α,β-unsaturated/α-hetero) is 1. The molecule has 10 nitrogen and oxygen atoms in total. The van der Waals surface area contributed by atoms with Gasteiger partial charge in [0.2, 0.25) is 0 Å². The van der Waals surface area contributed by atoms with Crippen LogP contribution in [0, 0.1) is 23.3 Å². The van der Waals surface area contributed by atoms with Crippen molar-refractivity contribution in [2.45, 2.75) is 57.7 Å². The maximum Gasteiger partial charge on any atom is 0.180 e. The molecular weight excluding hydrogens is 604 g/mol. The molecule has 0 aliphatic heterocycles. The number of hydrogen-bond acceptors (Lipinski definition) is 8. The summed E-state index contributed by atoms with van der Waals surface area (Å²) in [5, 5.41) is 25.1. The van der Waals surface area contributed by atoms with Crippen LogP contribution < -0.4 is 0 Å². The first kappa shape index (κ1) is 29.6. The Morgan fingerprint density at radius 2 is 1.20 bits per heavy atom. The molecule has 8 rings (SSSR count). The van der Waals surface area contributed by atoms with Gasteiger partial charge in [-0.2, -0.15) is 15.3 Å². The molecule has 4 heterocycles. The Hall–Kier alpha value is -5.11. The predicted octanol–water partition coefficient (Wildman–Crippen LogP) is 6.47. The Bertz CT molecular complexity index is 2150. The van der Waals surface area contributed by atoms with Crippen LogP contribution in [0.3, 0.4) is 0 Å². The molecule has 4 aromatic heterocycles. The third-order valence-electron chi connectivity index (χ3n) is 7.92. The fourth-order valence-corrected chi connectivity index (χ4v) is 5.36. The molecule has 234 valence electrons. The van der Waals surface area contributed by atoms with E-state index in [2.05, 4.69) is 30.4 Å². The summed E-state index contributed by atoms with van der Waals surface area (Å²) in [6.07, 6.45) is 6.14. The maximum absolute atomic E-state index is 13.6. The lowest BCUT2D eigenvalue weighted by atomic mass is 10.2. The van der Waals surface area contributed by atoms with Crippen LogP contribution in [0.4, 0.5) is 17.6 Å². The van der Waals surface area contributed by atoms with Crippen molar-refractivity contribution >= 4 is 27.9 Å². The average molecular weight is 631 g/mol. The summed E-state index contributed by atoms with van der Waals surface area (Å²) in [5.41, 5.74) is 3.82. The second-order valence-electron chi connectivity index (χ2n) is 11.5. The smallest absolute Gasteiger partial charge is 0.180 e. The van der Waals surface area contributed by atoms with Gasteiger partial charge in [-0.05, 0) is 44.7 Å². The van der Waals surface area contributed by atoms with Crippen molar-refractivity contribution in [2.75, 3.05) is 0 Å². The number of aliphatic hydroxyl groups is 1. The number of ketones is 1. The number of benzene rings is 2. The minimum atomic E-state index is -0.929. The lowest BCUT2D eigenvalue weighted by Gasteiger charge is -2.09. The summed E-state index contributed by atoms with van der Waals surface area (Å²) in [6.45, 7) is 3.00. The number of fused-ring (bicyclic) bond motifs is 2. The molecule has 0 spiro atoms.